The molecule has 3 N–H and O–H groups in total. The van der Waals surface area contributed by atoms with E-state index in [9.17, 15) is 9.90 Å². The molecule has 3 aromatic rings. The number of hydrogen-bond acceptors (Lipinski definition) is 5. The molecule has 8 heteroatoms. The van der Waals surface area contributed by atoms with Crippen LogP contribution in [0.5, 0.6) is 5.75 Å². The van der Waals surface area contributed by atoms with Gasteiger partial charge in [0.05, 0.1) is 11.3 Å². The molecular weight excluding hydrogens is 400 g/mol. The lowest BCUT2D eigenvalue weighted by Crippen LogP contribution is -2.18. The zero-order chi connectivity index (χ0) is 21.8. The summed E-state index contributed by atoms with van der Waals surface area (Å²) >= 11 is 5.31. The molecule has 154 valence electrons. The van der Waals surface area contributed by atoms with Gasteiger partial charge < -0.3 is 10.2 Å². The Balaban J connectivity index is 1.80. The van der Waals surface area contributed by atoms with Crippen LogP contribution in [0.2, 0.25) is 0 Å². The predicted molar refractivity (Wildman–Crippen MR) is 120 cm³/mol. The van der Waals surface area contributed by atoms with Crippen molar-refractivity contribution in [3.63, 3.8) is 0 Å². The van der Waals surface area contributed by atoms with Crippen LogP contribution < -0.4 is 5.43 Å². The zero-order valence-corrected chi connectivity index (χ0v) is 17.7. The molecule has 30 heavy (non-hydrogen) atoms. The van der Waals surface area contributed by atoms with Crippen molar-refractivity contribution < 1.29 is 15.0 Å². The summed E-state index contributed by atoms with van der Waals surface area (Å²) in [6.45, 7) is 3.81. The van der Waals surface area contributed by atoms with Gasteiger partial charge in [0, 0.05) is 18.2 Å². The average molecular weight is 423 g/mol. The summed E-state index contributed by atoms with van der Waals surface area (Å²) in [5, 5.41) is 28.4. The van der Waals surface area contributed by atoms with Crippen molar-refractivity contribution in [2.24, 2.45) is 12.1 Å². The predicted octanol–water partition coefficient (Wildman–Crippen LogP) is 3.74. The van der Waals surface area contributed by atoms with Gasteiger partial charge in [0.1, 0.15) is 10.7 Å². The summed E-state index contributed by atoms with van der Waals surface area (Å²) in [5.74, 6) is -0.957. The highest BCUT2D eigenvalue weighted by Crippen LogP contribution is 2.32. The molecule has 0 unspecified atom stereocenters. The highest BCUT2D eigenvalue weighted by molar-refractivity contribution is 7.80. The third-order valence-electron chi connectivity index (χ3n) is 4.72. The van der Waals surface area contributed by atoms with Crippen LogP contribution in [-0.2, 0) is 13.5 Å². The molecule has 0 fully saturated rings. The molecule has 0 aliphatic rings. The van der Waals surface area contributed by atoms with Crippen molar-refractivity contribution in [1.82, 2.24) is 15.2 Å². The summed E-state index contributed by atoms with van der Waals surface area (Å²) in [5.41, 5.74) is 7.08. The number of carboxylic acids is 1. The Morgan fingerprint density at radius 3 is 2.30 bits per heavy atom. The number of rotatable bonds is 6. The van der Waals surface area contributed by atoms with Gasteiger partial charge in [-0.15, -0.1) is 0 Å². The Kier molecular flexibility index (Phi) is 6.27. The van der Waals surface area contributed by atoms with Crippen LogP contribution in [0, 0.1) is 0 Å². The van der Waals surface area contributed by atoms with Crippen LogP contribution in [-0.4, -0.2) is 36.7 Å². The Hall–Kier alpha value is -3.52. The number of hydrazone groups is 1. The summed E-state index contributed by atoms with van der Waals surface area (Å²) in [6, 6.07) is 14.1. The summed E-state index contributed by atoms with van der Waals surface area (Å²) in [4.78, 5) is 11.3. The Labute approximate surface area is 179 Å². The number of aromatic hydroxyl groups is 1. The van der Waals surface area contributed by atoms with Gasteiger partial charge in [-0.25, -0.2) is 4.79 Å². The van der Waals surface area contributed by atoms with Gasteiger partial charge in [-0.1, -0.05) is 55.5 Å². The number of aromatic nitrogens is 2. The van der Waals surface area contributed by atoms with Gasteiger partial charge in [0.25, 0.3) is 0 Å². The van der Waals surface area contributed by atoms with Crippen molar-refractivity contribution in [2.45, 2.75) is 20.3 Å². The van der Waals surface area contributed by atoms with E-state index >= 15 is 0 Å². The molecule has 0 aliphatic carbocycles. The number of carboxylic acid groups (broad SMARTS) is 1. The fourth-order valence-corrected chi connectivity index (χ4v) is 3.18. The average Bonchev–Trinajstić information content (AvgIpc) is 3.05. The number of nitrogens with one attached hydrogen (secondary N) is 1. The SMILES string of the molecule is CCc1ccc(-c2c(O)c(/C(C)=N/NC(=S)c3ccc(C(=O)O)cc3)nn2C)cc1. The molecule has 2 aromatic carbocycles. The Morgan fingerprint density at radius 2 is 1.73 bits per heavy atom. The normalized spacial score (nSPS) is 11.4. The van der Waals surface area contributed by atoms with E-state index in [0.29, 0.717) is 27.7 Å². The van der Waals surface area contributed by atoms with Gasteiger partial charge >= 0.3 is 5.97 Å². The molecule has 1 aromatic heterocycles. The van der Waals surface area contributed by atoms with Crippen LogP contribution >= 0.6 is 12.2 Å². The third kappa shape index (κ3) is 4.38. The highest BCUT2D eigenvalue weighted by atomic mass is 32.1. The largest absolute Gasteiger partial charge is 0.504 e. The molecule has 0 saturated carbocycles. The zero-order valence-electron chi connectivity index (χ0n) is 16.9. The molecule has 0 radical (unpaired) electrons. The lowest BCUT2D eigenvalue weighted by Gasteiger charge is -2.05. The van der Waals surface area contributed by atoms with Crippen LogP contribution in [0.1, 0.15) is 41.0 Å². The lowest BCUT2D eigenvalue weighted by atomic mass is 10.1. The maximum absolute atomic E-state index is 10.9. The van der Waals surface area contributed by atoms with Gasteiger partial charge in [0.2, 0.25) is 0 Å². The first-order chi connectivity index (χ1) is 14.3. The van der Waals surface area contributed by atoms with Crippen LogP contribution in [0.15, 0.2) is 53.6 Å². The van der Waals surface area contributed by atoms with E-state index in [4.69, 9.17) is 17.3 Å². The second-order valence-corrected chi connectivity index (χ2v) is 7.15. The van der Waals surface area contributed by atoms with E-state index in [1.54, 1.807) is 30.8 Å². The highest BCUT2D eigenvalue weighted by Gasteiger charge is 2.19. The second kappa shape index (κ2) is 8.87. The smallest absolute Gasteiger partial charge is 0.335 e. The lowest BCUT2D eigenvalue weighted by molar-refractivity contribution is 0.0697. The van der Waals surface area contributed by atoms with Gasteiger partial charge in [0.15, 0.2) is 11.4 Å². The maximum atomic E-state index is 10.9. The fraction of sp³-hybridized carbons (Fsp3) is 0.182. The van der Waals surface area contributed by atoms with E-state index in [1.165, 1.54) is 17.7 Å². The van der Waals surface area contributed by atoms with Crippen molar-refractivity contribution in [3.05, 3.63) is 70.9 Å². The Bertz CT molecular complexity index is 1120. The van der Waals surface area contributed by atoms with Crippen molar-refractivity contribution in [3.8, 4) is 17.0 Å². The molecule has 0 spiro atoms. The number of benzene rings is 2. The summed E-state index contributed by atoms with van der Waals surface area (Å²) < 4.78 is 1.62. The molecule has 0 amide bonds. The number of hydrogen-bond donors (Lipinski definition) is 3. The van der Waals surface area contributed by atoms with Crippen LogP contribution in [0.3, 0.4) is 0 Å². The molecule has 7 nitrogen and oxygen atoms in total. The van der Waals surface area contributed by atoms with Gasteiger partial charge in [-0.05, 0) is 31.0 Å². The first-order valence-electron chi connectivity index (χ1n) is 9.35. The quantitative estimate of drug-likeness (QED) is 0.318. The third-order valence-corrected chi connectivity index (χ3v) is 5.05. The molecule has 0 saturated heterocycles. The van der Waals surface area contributed by atoms with Crippen LogP contribution in [0.25, 0.3) is 11.3 Å². The maximum Gasteiger partial charge on any atom is 0.335 e. The first kappa shape index (κ1) is 21.2. The number of carbonyl (C=O) groups is 1. The molecule has 0 aliphatic heterocycles. The van der Waals surface area contributed by atoms with Crippen molar-refractivity contribution in [2.75, 3.05) is 0 Å². The number of thiocarbonyl (C=S) groups is 1. The van der Waals surface area contributed by atoms with E-state index in [1.807, 2.05) is 24.3 Å². The van der Waals surface area contributed by atoms with E-state index in [0.717, 1.165) is 12.0 Å². The van der Waals surface area contributed by atoms with Crippen molar-refractivity contribution in [1.29, 1.82) is 0 Å². The number of nitrogens with zero attached hydrogens (tertiary/aromatic N) is 3. The second-order valence-electron chi connectivity index (χ2n) is 6.74. The standard InChI is InChI=1S/C22H22N4O3S/c1-4-14-5-7-15(8-6-14)19-20(27)18(25-26(19)3)13(2)23-24-21(30)16-9-11-17(12-10-16)22(28)29/h5-12,27H,4H2,1-3H3,(H,24,30)(H,28,29)/b23-13+. The van der Waals surface area contributed by atoms with Crippen LogP contribution in [0.4, 0.5) is 0 Å². The topological polar surface area (TPSA) is 99.7 Å². The van der Waals surface area contributed by atoms with Crippen molar-refractivity contribution >= 4 is 28.9 Å². The minimum atomic E-state index is -1.000. The monoisotopic (exact) mass is 422 g/mol. The van der Waals surface area contributed by atoms with Gasteiger partial charge in [-0.3, -0.25) is 10.1 Å². The minimum Gasteiger partial charge on any atom is -0.504 e. The Morgan fingerprint density at radius 1 is 1.13 bits per heavy atom. The van der Waals surface area contributed by atoms with E-state index < -0.39 is 5.97 Å². The number of aryl methyl sites for hydroxylation is 2. The minimum absolute atomic E-state index is 0.0431. The molecular formula is C22H22N4O3S. The molecule has 3 rings (SSSR count). The first-order valence-corrected chi connectivity index (χ1v) is 9.76. The molecule has 1 heterocycles. The van der Waals surface area contributed by atoms with E-state index in [-0.39, 0.29) is 11.3 Å². The summed E-state index contributed by atoms with van der Waals surface area (Å²) in [6.07, 6.45) is 0.944. The number of aromatic carboxylic acids is 1. The summed E-state index contributed by atoms with van der Waals surface area (Å²) in [7, 11) is 1.77. The molecule has 0 atom stereocenters. The fourth-order valence-electron chi connectivity index (χ4n) is 2.99. The van der Waals surface area contributed by atoms with E-state index in [2.05, 4.69) is 22.5 Å². The molecule has 0 bridgehead atoms. The van der Waals surface area contributed by atoms with Gasteiger partial charge in [-0.2, -0.15) is 10.2 Å².